The first-order valence-electron chi connectivity index (χ1n) is 9.86. The van der Waals surface area contributed by atoms with E-state index in [4.69, 9.17) is 28.0 Å². The second kappa shape index (κ2) is 7.68. The van der Waals surface area contributed by atoms with Crippen LogP contribution in [0.3, 0.4) is 0 Å². The fourth-order valence-corrected chi connectivity index (χ4v) is 4.49. The van der Waals surface area contributed by atoms with Crippen LogP contribution in [0.15, 0.2) is 72.8 Å². The molecule has 5 rings (SSSR count). The quantitative estimate of drug-likeness (QED) is 0.502. The van der Waals surface area contributed by atoms with Gasteiger partial charge in [0.05, 0.1) is 17.4 Å². The highest BCUT2D eigenvalue weighted by atomic mass is 35.5. The van der Waals surface area contributed by atoms with Crippen LogP contribution in [-0.4, -0.2) is 17.9 Å². The second-order valence-electron chi connectivity index (χ2n) is 7.65. The highest BCUT2D eigenvalue weighted by Crippen LogP contribution is 2.47. The minimum absolute atomic E-state index is 0.312. The van der Waals surface area contributed by atoms with E-state index in [1.807, 2.05) is 49.4 Å². The smallest absolute Gasteiger partial charge is 0.266 e. The number of nitrogens with zero attached hydrogens (tertiary/aromatic N) is 2. The summed E-state index contributed by atoms with van der Waals surface area (Å²) in [5.74, 6) is -1.41. The highest BCUT2D eigenvalue weighted by Gasteiger charge is 2.60. The van der Waals surface area contributed by atoms with Crippen molar-refractivity contribution in [2.45, 2.75) is 19.1 Å². The van der Waals surface area contributed by atoms with E-state index in [1.165, 1.54) is 4.90 Å². The van der Waals surface area contributed by atoms with Crippen molar-refractivity contribution in [3.63, 3.8) is 0 Å². The van der Waals surface area contributed by atoms with Gasteiger partial charge in [0.25, 0.3) is 5.91 Å². The Morgan fingerprint density at radius 1 is 0.839 bits per heavy atom. The lowest BCUT2D eigenvalue weighted by Crippen LogP contribution is -2.37. The van der Waals surface area contributed by atoms with Crippen LogP contribution in [0, 0.1) is 12.8 Å². The molecule has 0 spiro atoms. The van der Waals surface area contributed by atoms with Gasteiger partial charge in [-0.15, -0.1) is 0 Å². The Morgan fingerprint density at radius 2 is 1.55 bits per heavy atom. The fourth-order valence-electron chi connectivity index (χ4n) is 4.19. The van der Waals surface area contributed by atoms with Crippen LogP contribution in [-0.2, 0) is 14.4 Å². The number of imide groups is 1. The number of carbonyl (C=O) groups is 2. The van der Waals surface area contributed by atoms with Gasteiger partial charge in [0.15, 0.2) is 6.10 Å². The van der Waals surface area contributed by atoms with Crippen molar-refractivity contribution in [3.8, 4) is 0 Å². The van der Waals surface area contributed by atoms with Crippen LogP contribution < -0.4 is 9.96 Å². The third-order valence-corrected chi connectivity index (χ3v) is 6.41. The Hall–Kier alpha value is -2.86. The monoisotopic (exact) mass is 452 g/mol. The lowest BCUT2D eigenvalue weighted by molar-refractivity contribution is -0.126. The summed E-state index contributed by atoms with van der Waals surface area (Å²) in [7, 11) is 0. The molecular formula is C24H18Cl2N2O3. The Kier molecular flexibility index (Phi) is 4.97. The van der Waals surface area contributed by atoms with Crippen LogP contribution in [0.2, 0.25) is 10.0 Å². The lowest BCUT2D eigenvalue weighted by atomic mass is 9.90. The van der Waals surface area contributed by atoms with Gasteiger partial charge in [0.2, 0.25) is 5.91 Å². The molecule has 7 heteroatoms. The third-order valence-electron chi connectivity index (χ3n) is 5.75. The number of rotatable bonds is 3. The number of halogens is 2. The molecule has 2 fully saturated rings. The van der Waals surface area contributed by atoms with E-state index in [0.29, 0.717) is 15.7 Å². The van der Waals surface area contributed by atoms with E-state index >= 15 is 0 Å². The number of hydroxylamine groups is 1. The largest absolute Gasteiger partial charge is 0.273 e. The van der Waals surface area contributed by atoms with Gasteiger partial charge in [-0.05, 0) is 54.4 Å². The van der Waals surface area contributed by atoms with Gasteiger partial charge in [-0.25, -0.2) is 9.96 Å². The number of anilines is 2. The number of hydrogen-bond acceptors (Lipinski definition) is 4. The van der Waals surface area contributed by atoms with E-state index in [0.717, 1.165) is 16.8 Å². The summed E-state index contributed by atoms with van der Waals surface area (Å²) in [5.41, 5.74) is 2.92. The summed E-state index contributed by atoms with van der Waals surface area (Å²) in [6.07, 6.45) is -0.923. The predicted octanol–water partition coefficient (Wildman–Crippen LogP) is 5.35. The van der Waals surface area contributed by atoms with Crippen molar-refractivity contribution in [1.29, 1.82) is 0 Å². The van der Waals surface area contributed by atoms with Gasteiger partial charge in [0.1, 0.15) is 5.92 Å². The molecule has 0 aliphatic carbocycles. The maximum absolute atomic E-state index is 13.6. The number of carbonyl (C=O) groups excluding carboxylic acids is 2. The standard InChI is InChI=1S/C24H18Cl2N2O3/c1-14-7-12-18(13-19(14)26)27-23(29)20-21(15-8-10-16(25)11-9-15)28(31-22(20)24(27)30)17-5-3-2-4-6-17/h2-13,20-22H,1H3/t20-,21-,22+/m1/s1. The number of benzene rings is 3. The SMILES string of the molecule is Cc1ccc(N2C(=O)[C@H]3[C@H](ON(c4ccccc4)[C@@H]3c3ccc(Cl)cc3)C2=O)cc1Cl. The molecule has 0 radical (unpaired) electrons. The summed E-state index contributed by atoms with van der Waals surface area (Å²) >= 11 is 12.3. The van der Waals surface area contributed by atoms with Crippen LogP contribution >= 0.6 is 23.2 Å². The Labute approximate surface area is 189 Å². The molecule has 2 aliphatic rings. The number of hydrogen-bond donors (Lipinski definition) is 0. The average Bonchev–Trinajstić information content (AvgIpc) is 3.28. The average molecular weight is 453 g/mol. The number of aryl methyl sites for hydroxylation is 1. The lowest BCUT2D eigenvalue weighted by Gasteiger charge is -2.28. The van der Waals surface area contributed by atoms with E-state index in [1.54, 1.807) is 35.4 Å². The zero-order valence-electron chi connectivity index (χ0n) is 16.5. The minimum Gasteiger partial charge on any atom is -0.273 e. The molecule has 5 nitrogen and oxygen atoms in total. The molecule has 3 aromatic rings. The zero-order chi connectivity index (χ0) is 21.7. The van der Waals surface area contributed by atoms with E-state index in [9.17, 15) is 9.59 Å². The van der Waals surface area contributed by atoms with Gasteiger partial charge >= 0.3 is 0 Å². The second-order valence-corrected chi connectivity index (χ2v) is 8.50. The number of amides is 2. The Bertz CT molecular complexity index is 1170. The van der Waals surface area contributed by atoms with Crippen LogP contribution in [0.5, 0.6) is 0 Å². The molecule has 0 bridgehead atoms. The van der Waals surface area contributed by atoms with E-state index in [2.05, 4.69) is 0 Å². The molecule has 3 atom stereocenters. The fraction of sp³-hybridized carbons (Fsp3) is 0.167. The summed E-state index contributed by atoms with van der Waals surface area (Å²) < 4.78 is 0. The molecule has 2 saturated heterocycles. The first-order valence-corrected chi connectivity index (χ1v) is 10.6. The molecular weight excluding hydrogens is 435 g/mol. The summed E-state index contributed by atoms with van der Waals surface area (Å²) in [4.78, 5) is 34.1. The van der Waals surface area contributed by atoms with Crippen LogP contribution in [0.25, 0.3) is 0 Å². The molecule has 2 heterocycles. The molecule has 0 N–H and O–H groups in total. The van der Waals surface area contributed by atoms with Crippen molar-refractivity contribution >= 4 is 46.4 Å². The molecule has 0 unspecified atom stereocenters. The van der Waals surface area contributed by atoms with Gasteiger partial charge in [0, 0.05) is 10.0 Å². The molecule has 156 valence electrons. The molecule has 2 aliphatic heterocycles. The van der Waals surface area contributed by atoms with Gasteiger partial charge in [-0.3, -0.25) is 14.4 Å². The maximum atomic E-state index is 13.6. The van der Waals surface area contributed by atoms with Crippen LogP contribution in [0.1, 0.15) is 17.2 Å². The van der Waals surface area contributed by atoms with E-state index < -0.39 is 24.0 Å². The molecule has 3 aromatic carbocycles. The summed E-state index contributed by atoms with van der Waals surface area (Å²) in [5, 5.41) is 2.75. The van der Waals surface area contributed by atoms with Crippen molar-refractivity contribution in [2.75, 3.05) is 9.96 Å². The van der Waals surface area contributed by atoms with Crippen molar-refractivity contribution in [1.82, 2.24) is 0 Å². The number of fused-ring (bicyclic) bond motifs is 1. The van der Waals surface area contributed by atoms with Crippen molar-refractivity contribution < 1.29 is 14.4 Å². The van der Waals surface area contributed by atoms with Gasteiger partial charge < -0.3 is 0 Å². The van der Waals surface area contributed by atoms with Gasteiger partial charge in [-0.1, -0.05) is 59.6 Å². The van der Waals surface area contributed by atoms with Crippen LogP contribution in [0.4, 0.5) is 11.4 Å². The topological polar surface area (TPSA) is 49.9 Å². The summed E-state index contributed by atoms with van der Waals surface area (Å²) in [6, 6.07) is 21.4. The normalized spacial score (nSPS) is 22.9. The first-order chi connectivity index (χ1) is 15.0. The van der Waals surface area contributed by atoms with Crippen molar-refractivity contribution in [2.24, 2.45) is 5.92 Å². The van der Waals surface area contributed by atoms with E-state index in [-0.39, 0.29) is 5.91 Å². The molecule has 0 aromatic heterocycles. The molecule has 31 heavy (non-hydrogen) atoms. The maximum Gasteiger partial charge on any atom is 0.266 e. The predicted molar refractivity (Wildman–Crippen MR) is 120 cm³/mol. The summed E-state index contributed by atoms with van der Waals surface area (Å²) in [6.45, 7) is 1.87. The Balaban J connectivity index is 1.58. The first kappa shape index (κ1) is 20.1. The highest BCUT2D eigenvalue weighted by molar-refractivity contribution is 6.32. The van der Waals surface area contributed by atoms with Crippen molar-refractivity contribution in [3.05, 3.63) is 94.0 Å². The third kappa shape index (κ3) is 3.30. The zero-order valence-corrected chi connectivity index (χ0v) is 18.0. The minimum atomic E-state index is -0.923. The van der Waals surface area contributed by atoms with Gasteiger partial charge in [-0.2, -0.15) is 0 Å². The number of para-hydroxylation sites is 1. The Morgan fingerprint density at radius 3 is 2.23 bits per heavy atom. The molecule has 0 saturated carbocycles. The molecule has 2 amide bonds.